The minimum atomic E-state index is -1.95. The number of carboxylic acid groups (broad SMARTS) is 2. The van der Waals surface area contributed by atoms with Crippen molar-refractivity contribution in [3.05, 3.63) is 11.1 Å². The molecule has 21 atom stereocenters. The first-order chi connectivity index (χ1) is 27.0. The Balaban J connectivity index is 1.18. The third-order valence-electron chi connectivity index (χ3n) is 16.4. The Kier molecular flexibility index (Phi) is 13.3. The Bertz CT molecular complexity index is 1540. The maximum Gasteiger partial charge on any atom is 0.335 e. The van der Waals surface area contributed by atoms with Gasteiger partial charge in [0.05, 0.1) is 30.3 Å². The predicted molar refractivity (Wildman–Crippen MR) is 203 cm³/mol. The van der Waals surface area contributed by atoms with Gasteiger partial charge in [-0.3, -0.25) is 4.79 Å². The van der Waals surface area contributed by atoms with E-state index in [1.807, 2.05) is 6.92 Å². The minimum Gasteiger partial charge on any atom is -0.481 e. The first-order valence-electron chi connectivity index (χ1n) is 21.2. The second-order valence-corrected chi connectivity index (χ2v) is 19.5. The van der Waals surface area contributed by atoms with E-state index in [-0.39, 0.29) is 41.4 Å². The van der Waals surface area contributed by atoms with Crippen molar-refractivity contribution >= 4 is 11.9 Å². The van der Waals surface area contributed by atoms with Crippen LogP contribution in [0.25, 0.3) is 0 Å². The van der Waals surface area contributed by atoms with Crippen molar-refractivity contribution in [3.63, 3.8) is 0 Å². The van der Waals surface area contributed by atoms with Crippen LogP contribution in [0.3, 0.4) is 0 Å². The average molecular weight is 829 g/mol. The van der Waals surface area contributed by atoms with Crippen LogP contribution in [-0.4, -0.2) is 149 Å². The zero-order valence-electron chi connectivity index (χ0n) is 34.8. The van der Waals surface area contributed by atoms with Crippen molar-refractivity contribution in [2.24, 2.45) is 51.8 Å². The van der Waals surface area contributed by atoms with E-state index in [2.05, 4.69) is 34.6 Å². The lowest BCUT2D eigenvalue weighted by Gasteiger charge is -2.60. The van der Waals surface area contributed by atoms with Gasteiger partial charge in [0.2, 0.25) is 0 Å². The highest BCUT2D eigenvalue weighted by atomic mass is 16.7. The third-order valence-corrected chi connectivity index (χ3v) is 16.4. The molecular formula is C42H68O16. The predicted octanol–water partition coefficient (Wildman–Crippen LogP) is 1.16. The normalized spacial score (nSPS) is 47.7. The lowest BCUT2D eigenvalue weighted by molar-refractivity contribution is -0.340. The summed E-state index contributed by atoms with van der Waals surface area (Å²) in [5.41, 5.74) is 0.748. The number of aliphatic hydroxyl groups is 8. The van der Waals surface area contributed by atoms with Crippen molar-refractivity contribution in [2.45, 2.75) is 180 Å². The molecule has 2 aliphatic heterocycles. The van der Waals surface area contributed by atoms with E-state index >= 15 is 0 Å². The number of hydrogen-bond acceptors (Lipinski definition) is 14. The second-order valence-electron chi connectivity index (χ2n) is 19.5. The van der Waals surface area contributed by atoms with E-state index in [0.717, 1.165) is 32.1 Å². The van der Waals surface area contributed by atoms with Crippen molar-refractivity contribution < 1.29 is 79.6 Å². The first-order valence-corrected chi connectivity index (χ1v) is 21.2. The van der Waals surface area contributed by atoms with Crippen molar-refractivity contribution in [3.8, 4) is 0 Å². The van der Waals surface area contributed by atoms with Crippen LogP contribution >= 0.6 is 0 Å². The molecule has 16 heteroatoms. The van der Waals surface area contributed by atoms with Crippen LogP contribution in [0.2, 0.25) is 0 Å². The van der Waals surface area contributed by atoms with Crippen LogP contribution in [0.1, 0.15) is 99.8 Å². The summed E-state index contributed by atoms with van der Waals surface area (Å²) >= 11 is 0. The number of aliphatic hydroxyl groups excluding tert-OH is 8. The first kappa shape index (κ1) is 45.7. The molecule has 4 aliphatic carbocycles. The number of allylic oxidation sites excluding steroid dienone is 2. The van der Waals surface area contributed by atoms with Crippen LogP contribution in [0, 0.1) is 51.8 Å². The van der Waals surface area contributed by atoms with Crippen molar-refractivity contribution in [1.29, 1.82) is 0 Å². The molecule has 0 amide bonds. The topological polar surface area (TPSA) is 273 Å². The average Bonchev–Trinajstić information content (AvgIpc) is 3.53. The summed E-state index contributed by atoms with van der Waals surface area (Å²) in [4.78, 5) is 25.0. The quantitative estimate of drug-likeness (QED) is 0.124. The smallest absolute Gasteiger partial charge is 0.335 e. The maximum absolute atomic E-state index is 13.5. The van der Waals surface area contributed by atoms with Gasteiger partial charge in [-0.05, 0) is 105 Å². The number of rotatable bonds is 12. The maximum atomic E-state index is 13.5. The molecule has 0 radical (unpaired) electrons. The van der Waals surface area contributed by atoms with Gasteiger partial charge in [-0.2, -0.15) is 0 Å². The molecule has 0 aromatic rings. The fourth-order valence-corrected chi connectivity index (χ4v) is 12.3. The molecule has 332 valence electrons. The molecule has 2 heterocycles. The molecule has 0 spiro atoms. The van der Waals surface area contributed by atoms with Gasteiger partial charge in [0.25, 0.3) is 0 Å². The monoisotopic (exact) mass is 828 g/mol. The van der Waals surface area contributed by atoms with E-state index in [9.17, 15) is 60.7 Å². The van der Waals surface area contributed by atoms with Crippen LogP contribution in [0.4, 0.5) is 0 Å². The van der Waals surface area contributed by atoms with Gasteiger partial charge in [0.1, 0.15) is 42.7 Å². The van der Waals surface area contributed by atoms with Crippen LogP contribution in [0.5, 0.6) is 0 Å². The van der Waals surface area contributed by atoms with Gasteiger partial charge in [0.15, 0.2) is 18.7 Å². The lowest BCUT2D eigenvalue weighted by Crippen LogP contribution is -2.64. The summed E-state index contributed by atoms with van der Waals surface area (Å²) in [5, 5.41) is 106. The number of aliphatic carboxylic acids is 2. The number of ether oxygens (including phenoxy) is 4. The highest BCUT2D eigenvalue weighted by molar-refractivity contribution is 5.76. The second kappa shape index (κ2) is 16.8. The van der Waals surface area contributed by atoms with E-state index in [1.165, 1.54) is 11.1 Å². The number of carboxylic acids is 2. The highest BCUT2D eigenvalue weighted by Crippen LogP contribution is 2.68. The summed E-state index contributed by atoms with van der Waals surface area (Å²) in [6.45, 7) is 13.7. The Morgan fingerprint density at radius 1 is 0.759 bits per heavy atom. The molecule has 4 fully saturated rings. The molecule has 16 nitrogen and oxygen atoms in total. The van der Waals surface area contributed by atoms with E-state index < -0.39 is 109 Å². The zero-order chi connectivity index (χ0) is 43.0. The van der Waals surface area contributed by atoms with Gasteiger partial charge >= 0.3 is 11.9 Å². The Labute approximate surface area is 340 Å². The molecule has 6 aliphatic rings. The summed E-state index contributed by atoms with van der Waals surface area (Å²) in [7, 11) is 0. The van der Waals surface area contributed by atoms with Gasteiger partial charge in [-0.1, -0.05) is 52.7 Å². The Hall–Kier alpha value is -1.80. The molecule has 0 aromatic carbocycles. The van der Waals surface area contributed by atoms with Crippen LogP contribution < -0.4 is 0 Å². The van der Waals surface area contributed by atoms with Gasteiger partial charge < -0.3 is 70.0 Å². The van der Waals surface area contributed by atoms with Crippen LogP contribution in [0.15, 0.2) is 11.1 Å². The molecule has 10 N–H and O–H groups in total. The third kappa shape index (κ3) is 7.48. The SMILES string of the molecule is CC(C)C(C)C(O)C(O)C(C)C1CCC2C3=C(CCC21C)C1(C)CCC(OC2OC(COC4OC(C(=O)O)C(O)C(O)C4O)C(O)C(O)C2O)C(C)(C(=O)O)C1CC3. The van der Waals surface area contributed by atoms with Crippen LogP contribution in [-0.2, 0) is 28.5 Å². The molecule has 0 bridgehead atoms. The molecule has 6 rings (SSSR count). The largest absolute Gasteiger partial charge is 0.481 e. The fraction of sp³-hybridized carbons (Fsp3) is 0.905. The minimum absolute atomic E-state index is 0.0415. The Morgan fingerprint density at radius 2 is 1.40 bits per heavy atom. The van der Waals surface area contributed by atoms with E-state index in [0.29, 0.717) is 18.8 Å². The molecular weight excluding hydrogens is 760 g/mol. The summed E-state index contributed by atoms with van der Waals surface area (Å²) in [5.74, 6) is -2.43. The fourth-order valence-electron chi connectivity index (χ4n) is 12.3. The standard InChI is InChI=1S/C42H68O16/c1-17(2)18(3)27(43)28(44)19(4)21-9-10-22-20-8-11-25-41(6,23(20)12-14-40(21,22)5)15-13-26(42(25,7)39(53)54)57-38-34(50)30(46)29(45)24(56-38)16-55-37-33(49)31(47)32(48)35(58-37)36(51)52/h17-19,21-22,24-35,37-38,43-50H,8-16H2,1-7H3,(H,51,52)(H,53,54). The zero-order valence-corrected chi connectivity index (χ0v) is 34.8. The van der Waals surface area contributed by atoms with Gasteiger partial charge in [-0.25, -0.2) is 4.79 Å². The van der Waals surface area contributed by atoms with E-state index in [1.54, 1.807) is 6.92 Å². The summed E-state index contributed by atoms with van der Waals surface area (Å²) in [6.07, 6.45) is -14.7. The molecule has 2 saturated carbocycles. The van der Waals surface area contributed by atoms with E-state index in [4.69, 9.17) is 18.9 Å². The van der Waals surface area contributed by atoms with Crippen molar-refractivity contribution in [1.82, 2.24) is 0 Å². The van der Waals surface area contributed by atoms with Crippen molar-refractivity contribution in [2.75, 3.05) is 6.61 Å². The summed E-state index contributed by atoms with van der Waals surface area (Å²) in [6, 6.07) is 0. The lowest BCUT2D eigenvalue weighted by atomic mass is 9.45. The molecule has 58 heavy (non-hydrogen) atoms. The highest BCUT2D eigenvalue weighted by Gasteiger charge is 2.64. The van der Waals surface area contributed by atoms with Gasteiger partial charge in [-0.15, -0.1) is 0 Å². The Morgan fingerprint density at radius 3 is 2.02 bits per heavy atom. The number of carbonyl (C=O) groups is 2. The number of fused-ring (bicyclic) bond motifs is 4. The molecule has 2 saturated heterocycles. The molecule has 0 aromatic heterocycles. The molecule has 21 unspecified atom stereocenters. The van der Waals surface area contributed by atoms with Gasteiger partial charge in [0, 0.05) is 0 Å². The summed E-state index contributed by atoms with van der Waals surface area (Å²) < 4.78 is 22.8. The number of hydrogen-bond donors (Lipinski definition) is 10.